The molecule has 0 unspecified atom stereocenters. The van der Waals surface area contributed by atoms with E-state index in [-0.39, 0.29) is 17.4 Å². The van der Waals surface area contributed by atoms with E-state index in [1.807, 2.05) is 0 Å². The maximum Gasteiger partial charge on any atom is 0.317 e. The maximum absolute atomic E-state index is 10.7. The molecular formula is C9H8ClN3O2. The molecule has 0 aliphatic rings. The van der Waals surface area contributed by atoms with Crippen LogP contribution in [-0.4, -0.2) is 23.0 Å². The van der Waals surface area contributed by atoms with Gasteiger partial charge in [-0.25, -0.2) is 9.97 Å². The molecule has 0 saturated carbocycles. The second-order valence-corrected chi connectivity index (χ2v) is 2.87. The molecule has 0 spiro atoms. The summed E-state index contributed by atoms with van der Waals surface area (Å²) in [7, 11) is 1.29. The summed E-state index contributed by atoms with van der Waals surface area (Å²) in [5.74, 6) is 4.88. The van der Waals surface area contributed by atoms with Gasteiger partial charge in [0.1, 0.15) is 11.6 Å². The predicted octanol–water partition coefficient (Wildman–Crippen LogP) is 0.627. The number of methoxy groups -OCH3 is 1. The van der Waals surface area contributed by atoms with Crippen molar-refractivity contribution in [3.8, 4) is 11.8 Å². The Bertz CT molecular complexity index is 437. The molecule has 0 atom stereocenters. The fraction of sp³-hybridized carbons (Fsp3) is 0.222. The number of nitrogens with two attached hydrogens (primary N) is 1. The van der Waals surface area contributed by atoms with Gasteiger partial charge in [0, 0.05) is 0 Å². The summed E-state index contributed by atoms with van der Waals surface area (Å²) in [5, 5.41) is 0.200. The predicted molar refractivity (Wildman–Crippen MR) is 55.0 cm³/mol. The van der Waals surface area contributed by atoms with E-state index in [9.17, 15) is 4.79 Å². The first-order valence-corrected chi connectivity index (χ1v) is 4.35. The van der Waals surface area contributed by atoms with E-state index >= 15 is 0 Å². The lowest BCUT2D eigenvalue weighted by Gasteiger charge is -1.95. The Morgan fingerprint density at radius 1 is 1.73 bits per heavy atom. The lowest BCUT2D eigenvalue weighted by molar-refractivity contribution is -0.139. The lowest BCUT2D eigenvalue weighted by Crippen LogP contribution is -1.99. The summed E-state index contributed by atoms with van der Waals surface area (Å²) >= 11 is 5.55. The largest absolute Gasteiger partial charge is 0.468 e. The van der Waals surface area contributed by atoms with E-state index < -0.39 is 5.97 Å². The summed E-state index contributed by atoms with van der Waals surface area (Å²) in [6, 6.07) is 0. The van der Waals surface area contributed by atoms with E-state index in [1.165, 1.54) is 13.3 Å². The number of aromatic nitrogens is 2. The van der Waals surface area contributed by atoms with E-state index in [0.717, 1.165) is 0 Å². The summed E-state index contributed by atoms with van der Waals surface area (Å²) in [4.78, 5) is 18.3. The third kappa shape index (κ3) is 3.44. The highest BCUT2D eigenvalue weighted by molar-refractivity contribution is 6.29. The molecule has 0 fully saturated rings. The quantitative estimate of drug-likeness (QED) is 0.560. The first-order chi connectivity index (χ1) is 7.13. The number of carbonyl (C=O) groups is 1. The molecule has 0 saturated heterocycles. The van der Waals surface area contributed by atoms with Gasteiger partial charge < -0.3 is 10.5 Å². The molecule has 0 radical (unpaired) electrons. The van der Waals surface area contributed by atoms with Crippen LogP contribution in [0.2, 0.25) is 5.15 Å². The van der Waals surface area contributed by atoms with Crippen molar-refractivity contribution in [3.05, 3.63) is 17.0 Å². The van der Waals surface area contributed by atoms with Crippen LogP contribution in [0.1, 0.15) is 12.1 Å². The van der Waals surface area contributed by atoms with Crippen LogP contribution in [-0.2, 0) is 9.53 Å². The molecule has 2 N–H and O–H groups in total. The number of nitrogen functional groups attached to an aromatic ring is 1. The molecule has 0 amide bonds. The molecule has 0 aliphatic carbocycles. The number of esters is 1. The second kappa shape index (κ2) is 5.17. The highest BCUT2D eigenvalue weighted by Gasteiger charge is 2.00. The number of anilines is 1. The molecule has 0 bridgehead atoms. The minimum atomic E-state index is -0.414. The molecule has 0 aliphatic heterocycles. The van der Waals surface area contributed by atoms with Gasteiger partial charge in [0.2, 0.25) is 0 Å². The number of hydrogen-bond acceptors (Lipinski definition) is 5. The number of nitrogens with zero attached hydrogens (tertiary/aromatic N) is 2. The van der Waals surface area contributed by atoms with E-state index in [1.54, 1.807) is 0 Å². The fourth-order valence-electron chi connectivity index (χ4n) is 0.749. The van der Waals surface area contributed by atoms with Gasteiger partial charge in [-0.15, -0.1) is 0 Å². The Kier molecular flexibility index (Phi) is 3.89. The monoisotopic (exact) mass is 225 g/mol. The molecular weight excluding hydrogens is 218 g/mol. The van der Waals surface area contributed by atoms with E-state index in [2.05, 4.69) is 26.5 Å². The van der Waals surface area contributed by atoms with E-state index in [0.29, 0.717) is 5.69 Å². The summed E-state index contributed by atoms with van der Waals surface area (Å²) in [5.41, 5.74) is 5.79. The Labute approximate surface area is 91.6 Å². The Morgan fingerprint density at radius 2 is 2.47 bits per heavy atom. The highest BCUT2D eigenvalue weighted by Crippen LogP contribution is 2.08. The average molecular weight is 226 g/mol. The SMILES string of the molecule is COC(=O)CC#Cc1ncc(Cl)nc1N. The van der Waals surface area contributed by atoms with Gasteiger partial charge in [0.25, 0.3) is 0 Å². The third-order valence-electron chi connectivity index (χ3n) is 1.44. The van der Waals surface area contributed by atoms with Crippen molar-refractivity contribution in [1.82, 2.24) is 9.97 Å². The number of carbonyl (C=O) groups excluding carboxylic acids is 1. The lowest BCUT2D eigenvalue weighted by atomic mass is 10.3. The standard InChI is InChI=1S/C9H8ClN3O2/c1-15-8(14)4-2-3-6-9(11)13-7(10)5-12-6/h5H,4H2,1H3,(H2,11,13). The van der Waals surface area contributed by atoms with Crippen LogP contribution >= 0.6 is 11.6 Å². The zero-order chi connectivity index (χ0) is 11.3. The number of halogens is 1. The molecule has 0 aromatic carbocycles. The minimum absolute atomic E-state index is 0.0136. The Hall–Kier alpha value is -1.80. The van der Waals surface area contributed by atoms with Gasteiger partial charge in [0.05, 0.1) is 13.3 Å². The summed E-state index contributed by atoms with van der Waals surface area (Å²) < 4.78 is 4.41. The van der Waals surface area contributed by atoms with Gasteiger partial charge >= 0.3 is 5.97 Å². The number of hydrogen-bond donors (Lipinski definition) is 1. The van der Waals surface area contributed by atoms with Crippen LogP contribution in [0.15, 0.2) is 6.20 Å². The summed E-state index contributed by atoms with van der Waals surface area (Å²) in [6.45, 7) is 0. The fourth-order valence-corrected chi connectivity index (χ4v) is 0.889. The van der Waals surface area contributed by atoms with Crippen molar-refractivity contribution in [3.63, 3.8) is 0 Å². The molecule has 1 rings (SSSR count). The van der Waals surface area contributed by atoms with Gasteiger partial charge in [-0.3, -0.25) is 4.79 Å². The van der Waals surface area contributed by atoms with Crippen molar-refractivity contribution in [2.24, 2.45) is 0 Å². The molecule has 5 nitrogen and oxygen atoms in total. The van der Waals surface area contributed by atoms with Gasteiger partial charge in [-0.2, -0.15) is 0 Å². The topological polar surface area (TPSA) is 78.1 Å². The maximum atomic E-state index is 10.7. The zero-order valence-electron chi connectivity index (χ0n) is 7.95. The molecule has 1 aromatic rings. The van der Waals surface area contributed by atoms with Crippen LogP contribution < -0.4 is 5.73 Å². The first kappa shape index (κ1) is 11.3. The Morgan fingerprint density at radius 3 is 3.07 bits per heavy atom. The van der Waals surface area contributed by atoms with Crippen LogP contribution in [0.5, 0.6) is 0 Å². The van der Waals surface area contributed by atoms with Crippen LogP contribution in [0.3, 0.4) is 0 Å². The van der Waals surface area contributed by atoms with E-state index in [4.69, 9.17) is 17.3 Å². The normalized spacial score (nSPS) is 8.93. The number of ether oxygens (including phenoxy) is 1. The van der Waals surface area contributed by atoms with Crippen LogP contribution in [0.4, 0.5) is 5.82 Å². The van der Waals surface area contributed by atoms with Crippen molar-refractivity contribution in [2.45, 2.75) is 6.42 Å². The smallest absolute Gasteiger partial charge is 0.317 e. The van der Waals surface area contributed by atoms with Gasteiger partial charge in [-0.1, -0.05) is 17.5 Å². The van der Waals surface area contributed by atoms with Gasteiger partial charge in [-0.05, 0) is 5.92 Å². The van der Waals surface area contributed by atoms with Crippen molar-refractivity contribution in [1.29, 1.82) is 0 Å². The third-order valence-corrected chi connectivity index (χ3v) is 1.62. The molecule has 78 valence electrons. The highest BCUT2D eigenvalue weighted by atomic mass is 35.5. The molecule has 1 heterocycles. The minimum Gasteiger partial charge on any atom is -0.468 e. The van der Waals surface area contributed by atoms with Crippen molar-refractivity contribution in [2.75, 3.05) is 12.8 Å². The van der Waals surface area contributed by atoms with Gasteiger partial charge in [0.15, 0.2) is 11.5 Å². The zero-order valence-corrected chi connectivity index (χ0v) is 8.71. The molecule has 6 heteroatoms. The van der Waals surface area contributed by atoms with Crippen molar-refractivity contribution >= 4 is 23.4 Å². The molecule has 1 aromatic heterocycles. The summed E-state index contributed by atoms with van der Waals surface area (Å²) in [6.07, 6.45) is 1.32. The van der Waals surface area contributed by atoms with Crippen LogP contribution in [0, 0.1) is 11.8 Å². The van der Waals surface area contributed by atoms with Crippen LogP contribution in [0.25, 0.3) is 0 Å². The first-order valence-electron chi connectivity index (χ1n) is 3.97. The second-order valence-electron chi connectivity index (χ2n) is 2.48. The Balaban J connectivity index is 2.76. The number of rotatable bonds is 1. The molecule has 15 heavy (non-hydrogen) atoms. The van der Waals surface area contributed by atoms with Crippen molar-refractivity contribution < 1.29 is 9.53 Å². The average Bonchev–Trinajstić information content (AvgIpc) is 2.21.